The fourth-order valence-corrected chi connectivity index (χ4v) is 1.41. The molecule has 0 aliphatic heterocycles. The molecular formula is C9H9FINO2. The van der Waals surface area contributed by atoms with E-state index in [2.05, 4.69) is 27.9 Å². The van der Waals surface area contributed by atoms with Gasteiger partial charge in [-0.2, -0.15) is 0 Å². The van der Waals surface area contributed by atoms with Crippen LogP contribution >= 0.6 is 22.6 Å². The normalized spacial score (nSPS) is 9.64. The number of hydrogen-bond acceptors (Lipinski definition) is 2. The van der Waals surface area contributed by atoms with E-state index in [0.717, 1.165) is 3.57 Å². The molecule has 0 atom stereocenters. The van der Waals surface area contributed by atoms with Gasteiger partial charge in [0.1, 0.15) is 5.75 Å². The second-order valence-electron chi connectivity index (χ2n) is 2.53. The fraction of sp³-hybridized carbons (Fsp3) is 0.222. The number of carbonyl (C=O) groups is 1. The lowest BCUT2D eigenvalue weighted by Crippen LogP contribution is -2.13. The van der Waals surface area contributed by atoms with Crippen molar-refractivity contribution in [3.05, 3.63) is 21.8 Å². The highest BCUT2D eigenvalue weighted by molar-refractivity contribution is 14.1. The molecule has 0 spiro atoms. The zero-order valence-electron chi connectivity index (χ0n) is 7.51. The van der Waals surface area contributed by atoms with Crippen molar-refractivity contribution in [2.45, 2.75) is 0 Å². The largest absolute Gasteiger partial charge is 0.495 e. The number of alkyl halides is 1. The molecule has 0 saturated heterocycles. The van der Waals surface area contributed by atoms with Crippen molar-refractivity contribution in [2.75, 3.05) is 19.1 Å². The second kappa shape index (κ2) is 5.14. The molecule has 1 rings (SSSR count). The van der Waals surface area contributed by atoms with Crippen LogP contribution in [0.2, 0.25) is 0 Å². The van der Waals surface area contributed by atoms with Crippen LogP contribution in [0.25, 0.3) is 0 Å². The summed E-state index contributed by atoms with van der Waals surface area (Å²) in [4.78, 5) is 10.8. The maximum absolute atomic E-state index is 11.9. The third-order valence-corrected chi connectivity index (χ3v) is 2.23. The van der Waals surface area contributed by atoms with Gasteiger partial charge in [-0.25, -0.2) is 4.39 Å². The summed E-state index contributed by atoms with van der Waals surface area (Å²) in [5.74, 6) is -0.150. The summed E-state index contributed by atoms with van der Waals surface area (Å²) in [5, 5.41) is 2.40. The topological polar surface area (TPSA) is 38.3 Å². The van der Waals surface area contributed by atoms with Crippen LogP contribution in [0.4, 0.5) is 10.1 Å². The molecule has 0 unspecified atom stereocenters. The number of rotatable bonds is 3. The van der Waals surface area contributed by atoms with Gasteiger partial charge in [0.05, 0.1) is 12.8 Å². The van der Waals surface area contributed by atoms with Gasteiger partial charge in [0.15, 0.2) is 6.67 Å². The van der Waals surface area contributed by atoms with E-state index in [9.17, 15) is 9.18 Å². The van der Waals surface area contributed by atoms with E-state index in [1.807, 2.05) is 0 Å². The number of benzene rings is 1. The zero-order valence-corrected chi connectivity index (χ0v) is 9.67. The maximum Gasteiger partial charge on any atom is 0.255 e. The molecule has 1 aromatic carbocycles. The smallest absolute Gasteiger partial charge is 0.255 e. The Labute approximate surface area is 94.8 Å². The fourth-order valence-electron chi connectivity index (χ4n) is 0.952. The Morgan fingerprint density at radius 2 is 2.36 bits per heavy atom. The number of hydrogen-bond donors (Lipinski definition) is 1. The maximum atomic E-state index is 11.9. The number of halogens is 2. The first-order valence-electron chi connectivity index (χ1n) is 3.86. The predicted octanol–water partition coefficient (Wildman–Crippen LogP) is 2.21. The van der Waals surface area contributed by atoms with Gasteiger partial charge in [0, 0.05) is 3.57 Å². The SMILES string of the molecule is COc1cc(I)ccc1NC(=O)CF. The number of methoxy groups -OCH3 is 1. The number of anilines is 1. The average molecular weight is 309 g/mol. The Morgan fingerprint density at radius 1 is 1.64 bits per heavy atom. The van der Waals surface area contributed by atoms with Gasteiger partial charge >= 0.3 is 0 Å². The first-order valence-corrected chi connectivity index (χ1v) is 4.94. The Kier molecular flexibility index (Phi) is 4.12. The molecule has 0 heterocycles. The van der Waals surface area contributed by atoms with Crippen LogP contribution < -0.4 is 10.1 Å². The van der Waals surface area contributed by atoms with Crippen LogP contribution in [0, 0.1) is 3.57 Å². The first-order chi connectivity index (χ1) is 6.67. The molecule has 76 valence electrons. The summed E-state index contributed by atoms with van der Waals surface area (Å²) in [5.41, 5.74) is 0.482. The molecule has 3 nitrogen and oxygen atoms in total. The average Bonchev–Trinajstić information content (AvgIpc) is 2.20. The molecule has 14 heavy (non-hydrogen) atoms. The van der Waals surface area contributed by atoms with Crippen molar-refractivity contribution in [1.29, 1.82) is 0 Å². The standard InChI is InChI=1S/C9H9FINO2/c1-14-8-4-6(11)2-3-7(8)12-9(13)5-10/h2-4H,5H2,1H3,(H,12,13). The number of carbonyl (C=O) groups excluding carboxylic acids is 1. The van der Waals surface area contributed by atoms with Crippen LogP contribution in [-0.2, 0) is 4.79 Å². The van der Waals surface area contributed by atoms with E-state index in [4.69, 9.17) is 4.74 Å². The molecule has 0 radical (unpaired) electrons. The highest BCUT2D eigenvalue weighted by Crippen LogP contribution is 2.26. The summed E-state index contributed by atoms with van der Waals surface area (Å²) >= 11 is 2.12. The minimum atomic E-state index is -1.03. The monoisotopic (exact) mass is 309 g/mol. The van der Waals surface area contributed by atoms with Crippen molar-refractivity contribution in [3.63, 3.8) is 0 Å². The lowest BCUT2D eigenvalue weighted by molar-refractivity contribution is -0.117. The lowest BCUT2D eigenvalue weighted by atomic mass is 10.3. The molecule has 1 aromatic rings. The Balaban J connectivity index is 2.90. The summed E-state index contributed by atoms with van der Waals surface area (Å²) < 4.78 is 17.9. The van der Waals surface area contributed by atoms with Gasteiger partial charge < -0.3 is 10.1 Å². The van der Waals surface area contributed by atoms with Gasteiger partial charge in [-0.3, -0.25) is 4.79 Å². The number of nitrogens with one attached hydrogen (secondary N) is 1. The van der Waals surface area contributed by atoms with Gasteiger partial charge in [-0.15, -0.1) is 0 Å². The predicted molar refractivity (Wildman–Crippen MR) is 60.3 cm³/mol. The molecule has 0 fully saturated rings. The lowest BCUT2D eigenvalue weighted by Gasteiger charge is -2.08. The minimum Gasteiger partial charge on any atom is -0.495 e. The molecule has 0 saturated carbocycles. The number of ether oxygens (including phenoxy) is 1. The van der Waals surface area contributed by atoms with Gasteiger partial charge in [-0.1, -0.05) is 0 Å². The van der Waals surface area contributed by atoms with E-state index in [1.165, 1.54) is 7.11 Å². The van der Waals surface area contributed by atoms with Gasteiger partial charge in [0.25, 0.3) is 5.91 Å². The van der Waals surface area contributed by atoms with Crippen molar-refractivity contribution in [3.8, 4) is 5.75 Å². The molecule has 0 aromatic heterocycles. The minimum absolute atomic E-state index is 0.482. The van der Waals surface area contributed by atoms with Crippen molar-refractivity contribution < 1.29 is 13.9 Å². The van der Waals surface area contributed by atoms with E-state index in [-0.39, 0.29) is 0 Å². The van der Waals surface area contributed by atoms with Crippen LogP contribution in [0.3, 0.4) is 0 Å². The quantitative estimate of drug-likeness (QED) is 0.870. The third kappa shape index (κ3) is 2.83. The van der Waals surface area contributed by atoms with E-state index in [0.29, 0.717) is 11.4 Å². The van der Waals surface area contributed by atoms with Crippen LogP contribution in [0.15, 0.2) is 18.2 Å². The Morgan fingerprint density at radius 3 is 2.93 bits per heavy atom. The summed E-state index contributed by atoms with van der Waals surface area (Å²) in [7, 11) is 1.50. The van der Waals surface area contributed by atoms with Gasteiger partial charge in [0.2, 0.25) is 0 Å². The highest BCUT2D eigenvalue weighted by Gasteiger charge is 2.06. The van der Waals surface area contributed by atoms with Crippen molar-refractivity contribution in [2.24, 2.45) is 0 Å². The van der Waals surface area contributed by atoms with Crippen LogP contribution in [0.5, 0.6) is 5.75 Å². The highest BCUT2D eigenvalue weighted by atomic mass is 127. The Bertz CT molecular complexity index is 344. The second-order valence-corrected chi connectivity index (χ2v) is 3.77. The zero-order chi connectivity index (χ0) is 10.6. The van der Waals surface area contributed by atoms with Crippen molar-refractivity contribution >= 4 is 34.2 Å². The molecule has 1 N–H and O–H groups in total. The summed E-state index contributed by atoms with van der Waals surface area (Å²) in [6.45, 7) is -1.03. The van der Waals surface area contributed by atoms with Crippen LogP contribution in [-0.4, -0.2) is 19.7 Å². The summed E-state index contributed by atoms with van der Waals surface area (Å²) in [6.07, 6.45) is 0. The molecule has 0 bridgehead atoms. The molecular weight excluding hydrogens is 300 g/mol. The third-order valence-electron chi connectivity index (χ3n) is 1.56. The number of amides is 1. The molecule has 5 heteroatoms. The van der Waals surface area contributed by atoms with E-state index in [1.54, 1.807) is 18.2 Å². The first kappa shape index (κ1) is 11.2. The van der Waals surface area contributed by atoms with E-state index >= 15 is 0 Å². The molecule has 0 aliphatic rings. The van der Waals surface area contributed by atoms with Crippen molar-refractivity contribution in [1.82, 2.24) is 0 Å². The van der Waals surface area contributed by atoms with Gasteiger partial charge in [-0.05, 0) is 40.8 Å². The Hall–Kier alpha value is -0.850. The molecule has 1 amide bonds. The van der Waals surface area contributed by atoms with Crippen LogP contribution in [0.1, 0.15) is 0 Å². The summed E-state index contributed by atoms with van der Waals surface area (Å²) in [6, 6.07) is 5.24. The molecule has 0 aliphatic carbocycles. The van der Waals surface area contributed by atoms with E-state index < -0.39 is 12.6 Å².